The fourth-order valence-corrected chi connectivity index (χ4v) is 3.14. The first-order valence-corrected chi connectivity index (χ1v) is 9.32. The molecule has 0 fully saturated rings. The number of nitrogens with zero attached hydrogens (tertiary/aromatic N) is 2. The molecule has 3 aromatic carbocycles. The second kappa shape index (κ2) is 9.70. The molecule has 0 atom stereocenters. The van der Waals surface area contributed by atoms with Crippen LogP contribution in [0.2, 0.25) is 0 Å². The van der Waals surface area contributed by atoms with Crippen LogP contribution >= 0.6 is 0 Å². The van der Waals surface area contributed by atoms with E-state index in [0.717, 1.165) is 30.9 Å². The summed E-state index contributed by atoms with van der Waals surface area (Å²) in [6, 6.07) is 26.6. The first kappa shape index (κ1) is 19.6. The Morgan fingerprint density at radius 3 is 1.61 bits per heavy atom. The zero-order valence-electron chi connectivity index (χ0n) is 16.1. The zero-order valence-corrected chi connectivity index (χ0v) is 16.1. The number of rotatable bonds is 8. The lowest BCUT2D eigenvalue weighted by Gasteiger charge is -2.23. The maximum atomic E-state index is 9.01. The van der Waals surface area contributed by atoms with Crippen molar-refractivity contribution >= 4 is 0 Å². The number of methoxy groups -OCH3 is 1. The van der Waals surface area contributed by atoms with Crippen molar-refractivity contribution in [2.45, 2.75) is 26.2 Å². The quantitative estimate of drug-likeness (QED) is 0.644. The summed E-state index contributed by atoms with van der Waals surface area (Å²) in [5.41, 5.74) is 11.2. The average Bonchev–Trinajstić information content (AvgIpc) is 2.75. The van der Waals surface area contributed by atoms with Crippen LogP contribution in [0.5, 0.6) is 5.75 Å². The van der Waals surface area contributed by atoms with Crippen molar-refractivity contribution in [2.75, 3.05) is 7.11 Å². The molecule has 3 aromatic rings. The lowest BCUT2D eigenvalue weighted by atomic mass is 10.1. The SMILES string of the molecule is COc1ccc(CN(Cc2ccc(C#N)cc2)Cc2ccc(CN)cc2)cc1. The summed E-state index contributed by atoms with van der Waals surface area (Å²) in [7, 11) is 1.68. The molecule has 142 valence electrons. The molecule has 4 nitrogen and oxygen atoms in total. The van der Waals surface area contributed by atoms with Gasteiger partial charge in [0.25, 0.3) is 0 Å². The highest BCUT2D eigenvalue weighted by atomic mass is 16.5. The zero-order chi connectivity index (χ0) is 19.8. The second-order valence-electron chi connectivity index (χ2n) is 6.82. The third-order valence-corrected chi connectivity index (χ3v) is 4.72. The van der Waals surface area contributed by atoms with Gasteiger partial charge in [-0.15, -0.1) is 0 Å². The van der Waals surface area contributed by atoms with Crippen LogP contribution in [0.1, 0.15) is 27.8 Å². The van der Waals surface area contributed by atoms with E-state index in [9.17, 15) is 0 Å². The van der Waals surface area contributed by atoms with Crippen molar-refractivity contribution in [1.29, 1.82) is 5.26 Å². The minimum atomic E-state index is 0.557. The molecule has 0 bridgehead atoms. The van der Waals surface area contributed by atoms with Gasteiger partial charge in [0.05, 0.1) is 18.7 Å². The summed E-state index contributed by atoms with van der Waals surface area (Å²) in [4.78, 5) is 2.39. The Balaban J connectivity index is 1.77. The smallest absolute Gasteiger partial charge is 0.118 e. The molecule has 3 rings (SSSR count). The highest BCUT2D eigenvalue weighted by Gasteiger charge is 2.09. The van der Waals surface area contributed by atoms with E-state index >= 15 is 0 Å². The van der Waals surface area contributed by atoms with Crippen molar-refractivity contribution in [3.05, 3.63) is 101 Å². The van der Waals surface area contributed by atoms with Gasteiger partial charge in [-0.05, 0) is 46.5 Å². The number of nitrogens with two attached hydrogens (primary N) is 1. The van der Waals surface area contributed by atoms with E-state index in [2.05, 4.69) is 47.4 Å². The minimum absolute atomic E-state index is 0.557. The number of hydrogen-bond donors (Lipinski definition) is 1. The van der Waals surface area contributed by atoms with Crippen LogP contribution in [-0.4, -0.2) is 12.0 Å². The van der Waals surface area contributed by atoms with Gasteiger partial charge in [-0.2, -0.15) is 5.26 Å². The van der Waals surface area contributed by atoms with Gasteiger partial charge >= 0.3 is 0 Å². The molecule has 0 aliphatic heterocycles. The Hall–Kier alpha value is -3.13. The lowest BCUT2D eigenvalue weighted by molar-refractivity contribution is 0.247. The molecule has 0 unspecified atom stereocenters. The highest BCUT2D eigenvalue weighted by molar-refractivity contribution is 5.32. The molecule has 0 heterocycles. The molecule has 0 aliphatic carbocycles. The second-order valence-corrected chi connectivity index (χ2v) is 6.82. The van der Waals surface area contributed by atoms with Crippen LogP contribution in [0.25, 0.3) is 0 Å². The van der Waals surface area contributed by atoms with E-state index in [1.165, 1.54) is 16.7 Å². The predicted octanol–water partition coefficient (Wildman–Crippen LogP) is 4.23. The van der Waals surface area contributed by atoms with E-state index in [1.54, 1.807) is 7.11 Å². The van der Waals surface area contributed by atoms with Crippen LogP contribution in [0, 0.1) is 11.3 Å². The summed E-state index contributed by atoms with van der Waals surface area (Å²) in [6.45, 7) is 3.01. The van der Waals surface area contributed by atoms with Gasteiger partial charge in [0.2, 0.25) is 0 Å². The Labute approximate surface area is 166 Å². The van der Waals surface area contributed by atoms with Crippen molar-refractivity contribution < 1.29 is 4.74 Å². The molecule has 0 saturated heterocycles. The number of nitriles is 1. The normalized spacial score (nSPS) is 10.6. The van der Waals surface area contributed by atoms with Crippen LogP contribution in [0.4, 0.5) is 0 Å². The Bertz CT molecular complexity index is 861. The Kier molecular flexibility index (Phi) is 6.80. The predicted molar refractivity (Wildman–Crippen MR) is 111 cm³/mol. The molecule has 28 heavy (non-hydrogen) atoms. The summed E-state index contributed by atoms with van der Waals surface area (Å²) in [6.07, 6.45) is 0. The first-order valence-electron chi connectivity index (χ1n) is 9.32. The summed E-state index contributed by atoms with van der Waals surface area (Å²) in [5.74, 6) is 0.861. The van der Waals surface area contributed by atoms with Crippen LogP contribution in [0.3, 0.4) is 0 Å². The van der Waals surface area contributed by atoms with E-state index in [-0.39, 0.29) is 0 Å². The summed E-state index contributed by atoms with van der Waals surface area (Å²) in [5, 5.41) is 9.01. The fourth-order valence-electron chi connectivity index (χ4n) is 3.14. The Morgan fingerprint density at radius 1 is 0.750 bits per heavy atom. The molecule has 0 spiro atoms. The van der Waals surface area contributed by atoms with E-state index in [1.807, 2.05) is 36.4 Å². The van der Waals surface area contributed by atoms with E-state index in [0.29, 0.717) is 12.1 Å². The molecule has 0 aliphatic rings. The van der Waals surface area contributed by atoms with Crippen molar-refractivity contribution in [3.8, 4) is 11.8 Å². The number of ether oxygens (including phenoxy) is 1. The molecule has 0 saturated carbocycles. The van der Waals surface area contributed by atoms with Gasteiger partial charge in [-0.25, -0.2) is 0 Å². The van der Waals surface area contributed by atoms with Gasteiger partial charge in [0.1, 0.15) is 5.75 Å². The Morgan fingerprint density at radius 2 is 1.18 bits per heavy atom. The van der Waals surface area contributed by atoms with Crippen LogP contribution < -0.4 is 10.5 Å². The molecular weight excluding hydrogens is 346 g/mol. The number of benzene rings is 3. The third-order valence-electron chi connectivity index (χ3n) is 4.72. The topological polar surface area (TPSA) is 62.3 Å². The van der Waals surface area contributed by atoms with Crippen LogP contribution in [-0.2, 0) is 26.2 Å². The highest BCUT2D eigenvalue weighted by Crippen LogP contribution is 2.17. The lowest BCUT2D eigenvalue weighted by Crippen LogP contribution is -2.22. The van der Waals surface area contributed by atoms with Crippen molar-refractivity contribution in [1.82, 2.24) is 4.90 Å². The molecule has 0 aromatic heterocycles. The standard InChI is InChI=1S/C24H25N3O/c1-28-24-12-10-23(11-13-24)18-27(16-21-6-2-19(14-25)3-7-21)17-22-8-4-20(15-26)5-9-22/h2-13H,14,16-18,25H2,1H3. The summed E-state index contributed by atoms with van der Waals surface area (Å²) < 4.78 is 5.26. The molecule has 4 heteroatoms. The maximum Gasteiger partial charge on any atom is 0.118 e. The van der Waals surface area contributed by atoms with Gasteiger partial charge < -0.3 is 10.5 Å². The molecule has 2 N–H and O–H groups in total. The largest absolute Gasteiger partial charge is 0.497 e. The maximum absolute atomic E-state index is 9.01. The first-order chi connectivity index (χ1) is 13.7. The molecule has 0 radical (unpaired) electrons. The van der Waals surface area contributed by atoms with Gasteiger partial charge in [0, 0.05) is 26.2 Å². The number of hydrogen-bond acceptors (Lipinski definition) is 4. The minimum Gasteiger partial charge on any atom is -0.497 e. The van der Waals surface area contributed by atoms with Gasteiger partial charge in [-0.3, -0.25) is 4.90 Å². The van der Waals surface area contributed by atoms with Gasteiger partial charge in [-0.1, -0.05) is 48.5 Å². The monoisotopic (exact) mass is 371 g/mol. The van der Waals surface area contributed by atoms with E-state index < -0.39 is 0 Å². The molecule has 0 amide bonds. The average molecular weight is 371 g/mol. The van der Waals surface area contributed by atoms with Crippen molar-refractivity contribution in [3.63, 3.8) is 0 Å². The molecular formula is C24H25N3O. The van der Waals surface area contributed by atoms with Crippen molar-refractivity contribution in [2.24, 2.45) is 5.73 Å². The van der Waals surface area contributed by atoms with Gasteiger partial charge in [0.15, 0.2) is 0 Å². The van der Waals surface area contributed by atoms with E-state index in [4.69, 9.17) is 15.7 Å². The van der Waals surface area contributed by atoms with Crippen LogP contribution in [0.15, 0.2) is 72.8 Å². The fraction of sp³-hybridized carbons (Fsp3) is 0.208. The summed E-state index contributed by atoms with van der Waals surface area (Å²) >= 11 is 0. The third kappa shape index (κ3) is 5.43.